The Labute approximate surface area is 119 Å². The number of rotatable bonds is 4. The largest absolute Gasteiger partial charge is 0.486 e. The number of anilines is 1. The first-order chi connectivity index (χ1) is 9.86. The molecule has 114 valence electrons. The predicted molar refractivity (Wildman–Crippen MR) is 71.5 cm³/mol. The van der Waals surface area contributed by atoms with E-state index in [0.29, 0.717) is 18.9 Å². The van der Waals surface area contributed by atoms with E-state index in [1.54, 1.807) is 0 Å². The minimum atomic E-state index is -4.58. The summed E-state index contributed by atoms with van der Waals surface area (Å²) in [5.41, 5.74) is -1.24. The minimum Gasteiger partial charge on any atom is -0.486 e. The van der Waals surface area contributed by atoms with Gasteiger partial charge in [-0.25, -0.2) is 0 Å². The van der Waals surface area contributed by atoms with Crippen LogP contribution in [0.15, 0.2) is 23.2 Å². The Morgan fingerprint density at radius 3 is 2.81 bits per heavy atom. The Hall–Kier alpha value is -2.25. The van der Waals surface area contributed by atoms with Gasteiger partial charge in [0.15, 0.2) is 0 Å². The predicted octanol–water partition coefficient (Wildman–Crippen LogP) is 2.04. The number of hydrogen-bond donors (Lipinski definition) is 2. The third-order valence-corrected chi connectivity index (χ3v) is 2.73. The second-order valence-electron chi connectivity index (χ2n) is 4.43. The fourth-order valence-corrected chi connectivity index (χ4v) is 1.84. The van der Waals surface area contributed by atoms with Crippen LogP contribution in [0.4, 0.5) is 18.9 Å². The second kappa shape index (κ2) is 6.02. The number of carbonyl (C=O) groups excluding carboxylic acids is 1. The monoisotopic (exact) mass is 301 g/mol. The molecule has 1 heterocycles. The Bertz CT molecular complexity index is 570. The fraction of sp³-hybridized carbons (Fsp3) is 0.385. The van der Waals surface area contributed by atoms with E-state index in [4.69, 9.17) is 4.74 Å². The fourth-order valence-electron chi connectivity index (χ4n) is 1.84. The molecule has 0 spiro atoms. The maximum absolute atomic E-state index is 13.0. The molecule has 1 aromatic carbocycles. The van der Waals surface area contributed by atoms with Crippen LogP contribution in [-0.4, -0.2) is 31.4 Å². The topological polar surface area (TPSA) is 62.7 Å². The van der Waals surface area contributed by atoms with Crippen LogP contribution in [0.25, 0.3) is 0 Å². The van der Waals surface area contributed by atoms with Gasteiger partial charge in [0.1, 0.15) is 18.2 Å². The van der Waals surface area contributed by atoms with E-state index in [2.05, 4.69) is 15.6 Å². The Morgan fingerprint density at radius 2 is 2.24 bits per heavy atom. The van der Waals surface area contributed by atoms with Crippen LogP contribution < -0.4 is 15.4 Å². The van der Waals surface area contributed by atoms with E-state index in [-0.39, 0.29) is 18.0 Å². The van der Waals surface area contributed by atoms with Gasteiger partial charge in [-0.3, -0.25) is 9.79 Å². The molecule has 1 aliphatic heterocycles. The molecule has 2 N–H and O–H groups in total. The van der Waals surface area contributed by atoms with E-state index in [0.717, 1.165) is 13.0 Å². The van der Waals surface area contributed by atoms with Crippen molar-refractivity contribution in [2.75, 3.05) is 25.0 Å². The number of alkyl halides is 3. The third kappa shape index (κ3) is 4.11. The zero-order valence-corrected chi connectivity index (χ0v) is 11.3. The number of ether oxygens (including phenoxy) is 1. The quantitative estimate of drug-likeness (QED) is 0.894. The number of benzene rings is 1. The lowest BCUT2D eigenvalue weighted by atomic mass is 10.1. The molecule has 0 atom stereocenters. The van der Waals surface area contributed by atoms with Crippen LogP contribution in [0.3, 0.4) is 0 Å². The van der Waals surface area contributed by atoms with Gasteiger partial charge >= 0.3 is 6.18 Å². The van der Waals surface area contributed by atoms with Crippen LogP contribution in [0.2, 0.25) is 0 Å². The van der Waals surface area contributed by atoms with Gasteiger partial charge < -0.3 is 15.4 Å². The number of carbonyl (C=O) groups is 1. The highest BCUT2D eigenvalue weighted by molar-refractivity contribution is 5.90. The van der Waals surface area contributed by atoms with Crippen molar-refractivity contribution < 1.29 is 22.7 Å². The summed E-state index contributed by atoms with van der Waals surface area (Å²) < 4.78 is 44.2. The summed E-state index contributed by atoms with van der Waals surface area (Å²) in [7, 11) is 0. The number of aliphatic imine (C=N–C) groups is 1. The average molecular weight is 301 g/mol. The van der Waals surface area contributed by atoms with Crippen LogP contribution in [0.5, 0.6) is 5.75 Å². The van der Waals surface area contributed by atoms with Crippen LogP contribution >= 0.6 is 0 Å². The van der Waals surface area contributed by atoms with Gasteiger partial charge in [-0.15, -0.1) is 0 Å². The molecule has 1 aromatic rings. The molecule has 0 saturated carbocycles. The SMILES string of the molecule is CC(=O)Nc1ccc(OCC2=NCCN2)cc1C(F)(F)F. The number of nitrogens with zero attached hydrogens (tertiary/aromatic N) is 1. The molecular weight excluding hydrogens is 287 g/mol. The molecule has 2 rings (SSSR count). The summed E-state index contributed by atoms with van der Waals surface area (Å²) in [5, 5.41) is 5.11. The molecule has 5 nitrogen and oxygen atoms in total. The Morgan fingerprint density at radius 1 is 1.48 bits per heavy atom. The number of amides is 1. The van der Waals surface area contributed by atoms with Gasteiger partial charge in [-0.05, 0) is 18.2 Å². The Balaban J connectivity index is 2.17. The standard InChI is InChI=1S/C13H14F3N3O2/c1-8(20)19-11-3-2-9(6-10(11)13(14,15)16)21-7-12-17-4-5-18-12/h2-3,6H,4-5,7H2,1H3,(H,17,18)(H,19,20). The molecule has 1 aliphatic rings. The van der Waals surface area contributed by atoms with E-state index in [1.165, 1.54) is 12.1 Å². The summed E-state index contributed by atoms with van der Waals surface area (Å²) >= 11 is 0. The molecule has 0 fully saturated rings. The van der Waals surface area contributed by atoms with Crippen molar-refractivity contribution in [2.24, 2.45) is 4.99 Å². The van der Waals surface area contributed by atoms with Crippen LogP contribution in [0, 0.1) is 0 Å². The van der Waals surface area contributed by atoms with Gasteiger partial charge in [0.05, 0.1) is 17.8 Å². The normalized spacial score (nSPS) is 14.4. The molecule has 0 radical (unpaired) electrons. The number of halogens is 3. The van der Waals surface area contributed by atoms with Crippen molar-refractivity contribution >= 4 is 17.4 Å². The van der Waals surface area contributed by atoms with Crippen molar-refractivity contribution in [3.8, 4) is 5.75 Å². The van der Waals surface area contributed by atoms with Gasteiger partial charge in [0.25, 0.3) is 0 Å². The lowest BCUT2D eigenvalue weighted by molar-refractivity contribution is -0.137. The van der Waals surface area contributed by atoms with Crippen molar-refractivity contribution in [1.29, 1.82) is 0 Å². The average Bonchev–Trinajstić information content (AvgIpc) is 2.88. The zero-order chi connectivity index (χ0) is 15.5. The van der Waals surface area contributed by atoms with Crippen molar-refractivity contribution in [3.05, 3.63) is 23.8 Å². The minimum absolute atomic E-state index is 0.0628. The maximum atomic E-state index is 13.0. The van der Waals surface area contributed by atoms with E-state index in [1.807, 2.05) is 0 Å². The summed E-state index contributed by atoms with van der Waals surface area (Å²) in [4.78, 5) is 15.0. The summed E-state index contributed by atoms with van der Waals surface area (Å²) in [6.45, 7) is 2.56. The maximum Gasteiger partial charge on any atom is 0.418 e. The van der Waals surface area contributed by atoms with Crippen molar-refractivity contribution in [3.63, 3.8) is 0 Å². The molecule has 0 aliphatic carbocycles. The van der Waals surface area contributed by atoms with Gasteiger partial charge in [0, 0.05) is 13.5 Å². The highest BCUT2D eigenvalue weighted by Gasteiger charge is 2.34. The van der Waals surface area contributed by atoms with Gasteiger partial charge in [-0.2, -0.15) is 13.2 Å². The summed E-state index contributed by atoms with van der Waals surface area (Å²) in [5.74, 6) is 0.0982. The second-order valence-corrected chi connectivity index (χ2v) is 4.43. The molecule has 1 amide bonds. The molecule has 8 heteroatoms. The molecule has 0 aromatic heterocycles. The lowest BCUT2D eigenvalue weighted by Crippen LogP contribution is -2.25. The smallest absolute Gasteiger partial charge is 0.418 e. The molecule has 0 unspecified atom stereocenters. The van der Waals surface area contributed by atoms with Crippen LogP contribution in [-0.2, 0) is 11.0 Å². The number of amidine groups is 1. The lowest BCUT2D eigenvalue weighted by Gasteiger charge is -2.15. The number of nitrogens with one attached hydrogen (secondary N) is 2. The highest BCUT2D eigenvalue weighted by Crippen LogP contribution is 2.37. The Kier molecular flexibility index (Phi) is 4.35. The van der Waals surface area contributed by atoms with Gasteiger partial charge in [0.2, 0.25) is 5.91 Å². The number of hydrogen-bond acceptors (Lipinski definition) is 4. The van der Waals surface area contributed by atoms with Crippen molar-refractivity contribution in [1.82, 2.24) is 5.32 Å². The van der Waals surface area contributed by atoms with Crippen molar-refractivity contribution in [2.45, 2.75) is 13.1 Å². The highest BCUT2D eigenvalue weighted by atomic mass is 19.4. The summed E-state index contributed by atoms with van der Waals surface area (Å²) in [6, 6.07) is 3.40. The van der Waals surface area contributed by atoms with E-state index in [9.17, 15) is 18.0 Å². The van der Waals surface area contributed by atoms with E-state index >= 15 is 0 Å². The molecule has 21 heavy (non-hydrogen) atoms. The zero-order valence-electron chi connectivity index (χ0n) is 11.3. The molecule has 0 saturated heterocycles. The first-order valence-electron chi connectivity index (χ1n) is 6.25. The van der Waals surface area contributed by atoms with E-state index < -0.39 is 17.6 Å². The first kappa shape index (κ1) is 15.1. The first-order valence-corrected chi connectivity index (χ1v) is 6.25. The van der Waals surface area contributed by atoms with Crippen LogP contribution in [0.1, 0.15) is 12.5 Å². The molecular formula is C13H14F3N3O2. The molecule has 0 bridgehead atoms. The van der Waals surface area contributed by atoms with Gasteiger partial charge in [-0.1, -0.05) is 0 Å². The summed E-state index contributed by atoms with van der Waals surface area (Å²) in [6.07, 6.45) is -4.58. The third-order valence-electron chi connectivity index (χ3n) is 2.73.